The molecule has 4 aromatic carbocycles. The minimum Gasteiger partial charge on any atom is -0.361 e. The van der Waals surface area contributed by atoms with Gasteiger partial charge in [0.2, 0.25) is 0 Å². The largest absolute Gasteiger partial charge is 0.361 e. The van der Waals surface area contributed by atoms with Crippen LogP contribution in [-0.4, -0.2) is 25.6 Å². The first-order valence-corrected chi connectivity index (χ1v) is 11.7. The van der Waals surface area contributed by atoms with Gasteiger partial charge in [-0.15, -0.1) is 0 Å². The predicted molar refractivity (Wildman–Crippen MR) is 142 cm³/mol. The standard InChI is InChI=1S/C28H25NO3.C2H7N/c30-29(31)27-20-18-23(19-21-27)11-10-22-32-28(24-12-4-1-5-13-24,25-14-6-2-7-15-25)26-16-8-3-9-17-26;1-3-2/h1-9,12-21H,10-11,22H2;3H,1-2H3. The van der Waals surface area contributed by atoms with Gasteiger partial charge in [0.25, 0.3) is 5.69 Å². The first-order valence-electron chi connectivity index (χ1n) is 11.7. The number of hydrogen-bond acceptors (Lipinski definition) is 4. The van der Waals surface area contributed by atoms with Crippen LogP contribution in [0.1, 0.15) is 28.7 Å². The zero-order valence-corrected chi connectivity index (χ0v) is 20.3. The van der Waals surface area contributed by atoms with Crippen molar-refractivity contribution in [2.24, 2.45) is 0 Å². The zero-order chi connectivity index (χ0) is 24.9. The van der Waals surface area contributed by atoms with Crippen LogP contribution in [0.2, 0.25) is 0 Å². The Labute approximate surface area is 207 Å². The number of non-ortho nitro benzene ring substituents is 1. The molecule has 0 fully saturated rings. The lowest BCUT2D eigenvalue weighted by atomic mass is 9.80. The minimum atomic E-state index is -0.723. The molecule has 0 aliphatic carbocycles. The molecule has 0 aliphatic rings. The second kappa shape index (κ2) is 13.2. The summed E-state index contributed by atoms with van der Waals surface area (Å²) in [6, 6.07) is 37.7. The topological polar surface area (TPSA) is 64.4 Å². The Morgan fingerprint density at radius 3 is 1.49 bits per heavy atom. The molecule has 4 rings (SSSR count). The number of ether oxygens (including phenoxy) is 1. The van der Waals surface area contributed by atoms with Crippen molar-refractivity contribution in [3.63, 3.8) is 0 Å². The van der Waals surface area contributed by atoms with E-state index in [1.54, 1.807) is 12.1 Å². The van der Waals surface area contributed by atoms with E-state index in [1.165, 1.54) is 0 Å². The Balaban J connectivity index is 0.00000108. The third-order valence-electron chi connectivity index (χ3n) is 5.62. The van der Waals surface area contributed by atoms with Crippen LogP contribution in [-0.2, 0) is 16.8 Å². The summed E-state index contributed by atoms with van der Waals surface area (Å²) in [4.78, 5) is 10.5. The van der Waals surface area contributed by atoms with E-state index in [9.17, 15) is 10.1 Å². The van der Waals surface area contributed by atoms with Crippen molar-refractivity contribution in [2.75, 3.05) is 20.7 Å². The third-order valence-corrected chi connectivity index (χ3v) is 5.62. The highest BCUT2D eigenvalue weighted by molar-refractivity contribution is 5.47. The number of rotatable bonds is 9. The number of nitro benzene ring substituents is 1. The summed E-state index contributed by atoms with van der Waals surface area (Å²) in [5.74, 6) is 0. The second-order valence-electron chi connectivity index (χ2n) is 8.15. The summed E-state index contributed by atoms with van der Waals surface area (Å²) in [5.41, 5.74) is 3.68. The molecule has 4 aromatic rings. The maximum absolute atomic E-state index is 10.9. The second-order valence-corrected chi connectivity index (χ2v) is 8.15. The Hall–Kier alpha value is -3.80. The molecule has 0 radical (unpaired) electrons. The zero-order valence-electron chi connectivity index (χ0n) is 20.3. The van der Waals surface area contributed by atoms with E-state index < -0.39 is 5.60 Å². The first-order chi connectivity index (χ1) is 17.1. The van der Waals surface area contributed by atoms with Crippen LogP contribution in [0.3, 0.4) is 0 Å². The van der Waals surface area contributed by atoms with E-state index in [1.807, 2.05) is 80.8 Å². The fourth-order valence-electron chi connectivity index (χ4n) is 4.05. The molecule has 5 nitrogen and oxygen atoms in total. The fourth-order valence-corrected chi connectivity index (χ4v) is 4.05. The van der Waals surface area contributed by atoms with Gasteiger partial charge >= 0.3 is 0 Å². The summed E-state index contributed by atoms with van der Waals surface area (Å²) in [6.07, 6.45) is 1.58. The molecule has 35 heavy (non-hydrogen) atoms. The third kappa shape index (κ3) is 6.63. The van der Waals surface area contributed by atoms with Gasteiger partial charge < -0.3 is 10.1 Å². The number of aryl methyl sites for hydroxylation is 1. The van der Waals surface area contributed by atoms with Gasteiger partial charge in [-0.1, -0.05) is 103 Å². The molecule has 0 amide bonds. The highest BCUT2D eigenvalue weighted by Gasteiger charge is 2.37. The quantitative estimate of drug-likeness (QED) is 0.134. The molecule has 0 unspecified atom stereocenters. The molecule has 0 aromatic heterocycles. The molecule has 1 N–H and O–H groups in total. The van der Waals surface area contributed by atoms with Gasteiger partial charge in [-0.25, -0.2) is 0 Å². The molecule has 0 saturated heterocycles. The molecule has 0 bridgehead atoms. The van der Waals surface area contributed by atoms with Crippen LogP contribution in [0.15, 0.2) is 115 Å². The molecule has 180 valence electrons. The number of nitro groups is 1. The predicted octanol–water partition coefficient (Wildman–Crippen LogP) is 6.37. The van der Waals surface area contributed by atoms with Crippen molar-refractivity contribution < 1.29 is 9.66 Å². The van der Waals surface area contributed by atoms with Crippen molar-refractivity contribution in [3.05, 3.63) is 148 Å². The highest BCUT2D eigenvalue weighted by atomic mass is 16.6. The van der Waals surface area contributed by atoms with Crippen LogP contribution in [0.5, 0.6) is 0 Å². The van der Waals surface area contributed by atoms with Crippen LogP contribution >= 0.6 is 0 Å². The average molecular weight is 469 g/mol. The number of hydrogen-bond donors (Lipinski definition) is 1. The smallest absolute Gasteiger partial charge is 0.269 e. The van der Waals surface area contributed by atoms with Gasteiger partial charge in [0.15, 0.2) is 0 Å². The van der Waals surface area contributed by atoms with Gasteiger partial charge in [-0.3, -0.25) is 10.1 Å². The van der Waals surface area contributed by atoms with Crippen molar-refractivity contribution in [1.82, 2.24) is 5.32 Å². The molecule has 5 heteroatoms. The van der Waals surface area contributed by atoms with E-state index >= 15 is 0 Å². The van der Waals surface area contributed by atoms with E-state index in [0.717, 1.165) is 35.1 Å². The molecule has 0 saturated carbocycles. The van der Waals surface area contributed by atoms with E-state index in [-0.39, 0.29) is 10.6 Å². The lowest BCUT2D eigenvalue weighted by Crippen LogP contribution is -2.33. The van der Waals surface area contributed by atoms with Gasteiger partial charge in [0.1, 0.15) is 5.60 Å². The van der Waals surface area contributed by atoms with Crippen LogP contribution in [0.4, 0.5) is 5.69 Å². The molecule has 0 atom stereocenters. The fraction of sp³-hybridized carbons (Fsp3) is 0.200. The number of nitrogens with zero attached hydrogens (tertiary/aromatic N) is 1. The SMILES string of the molecule is CNC.O=[N+]([O-])c1ccc(CCCOC(c2ccccc2)(c2ccccc2)c2ccccc2)cc1. The molecular weight excluding hydrogens is 436 g/mol. The Bertz CT molecular complexity index is 1050. The van der Waals surface area contributed by atoms with E-state index in [4.69, 9.17) is 4.74 Å². The molecular formula is C30H32N2O3. The van der Waals surface area contributed by atoms with Crippen molar-refractivity contribution in [1.29, 1.82) is 0 Å². The van der Waals surface area contributed by atoms with E-state index in [2.05, 4.69) is 41.7 Å². The van der Waals surface area contributed by atoms with Crippen molar-refractivity contribution in [2.45, 2.75) is 18.4 Å². The Morgan fingerprint density at radius 2 is 1.11 bits per heavy atom. The Morgan fingerprint density at radius 1 is 0.714 bits per heavy atom. The lowest BCUT2D eigenvalue weighted by Gasteiger charge is -2.36. The first kappa shape index (κ1) is 25.8. The summed E-state index contributed by atoms with van der Waals surface area (Å²) in [7, 11) is 3.75. The number of benzene rings is 4. The summed E-state index contributed by atoms with van der Waals surface area (Å²) >= 11 is 0. The van der Waals surface area contributed by atoms with Crippen LogP contribution in [0.25, 0.3) is 0 Å². The summed E-state index contributed by atoms with van der Waals surface area (Å²) < 4.78 is 6.76. The van der Waals surface area contributed by atoms with Gasteiger partial charge in [-0.05, 0) is 49.2 Å². The summed E-state index contributed by atoms with van der Waals surface area (Å²) in [6.45, 7) is 0.537. The average Bonchev–Trinajstić information content (AvgIpc) is 2.91. The minimum absolute atomic E-state index is 0.112. The molecule has 0 spiro atoms. The lowest BCUT2D eigenvalue weighted by molar-refractivity contribution is -0.384. The van der Waals surface area contributed by atoms with Gasteiger partial charge in [0.05, 0.1) is 4.92 Å². The Kier molecular flexibility index (Phi) is 9.72. The summed E-state index contributed by atoms with van der Waals surface area (Å²) in [5, 5.41) is 13.6. The normalized spacial score (nSPS) is 10.8. The number of nitrogens with one attached hydrogen (secondary N) is 1. The van der Waals surface area contributed by atoms with E-state index in [0.29, 0.717) is 6.61 Å². The monoisotopic (exact) mass is 468 g/mol. The van der Waals surface area contributed by atoms with Crippen molar-refractivity contribution >= 4 is 5.69 Å². The van der Waals surface area contributed by atoms with Crippen molar-refractivity contribution in [3.8, 4) is 0 Å². The van der Waals surface area contributed by atoms with Crippen LogP contribution in [0, 0.1) is 10.1 Å². The maximum Gasteiger partial charge on any atom is 0.269 e. The highest BCUT2D eigenvalue weighted by Crippen LogP contribution is 2.40. The molecule has 0 aliphatic heterocycles. The van der Waals surface area contributed by atoms with Gasteiger partial charge in [-0.2, -0.15) is 0 Å². The maximum atomic E-state index is 10.9. The van der Waals surface area contributed by atoms with Gasteiger partial charge in [0, 0.05) is 18.7 Å². The molecule has 0 heterocycles. The van der Waals surface area contributed by atoms with Crippen LogP contribution < -0.4 is 5.32 Å².